The van der Waals surface area contributed by atoms with Crippen molar-refractivity contribution in [3.63, 3.8) is 0 Å². The van der Waals surface area contributed by atoms with Gasteiger partial charge in [-0.1, -0.05) is 25.7 Å². The Kier molecular flexibility index (Phi) is 6.67. The lowest BCUT2D eigenvalue weighted by molar-refractivity contribution is 0.143. The van der Waals surface area contributed by atoms with Gasteiger partial charge in [0.1, 0.15) is 5.60 Å². The van der Waals surface area contributed by atoms with Gasteiger partial charge in [-0.3, -0.25) is 5.10 Å². The summed E-state index contributed by atoms with van der Waals surface area (Å²) in [6, 6.07) is 8.16. The topological polar surface area (TPSA) is 73.0 Å². The summed E-state index contributed by atoms with van der Waals surface area (Å²) in [5, 5.41) is 24.5. The number of benzene rings is 1. The number of fused-ring (bicyclic) bond motifs is 1. The molecule has 4 N–H and O–H groups in total. The quantitative estimate of drug-likeness (QED) is 0.513. The van der Waals surface area contributed by atoms with E-state index in [1.165, 1.54) is 4.88 Å². The van der Waals surface area contributed by atoms with Crippen molar-refractivity contribution < 1.29 is 5.11 Å². The Labute approximate surface area is 158 Å². The Morgan fingerprint density at radius 2 is 2.00 bits per heavy atom. The van der Waals surface area contributed by atoms with E-state index in [4.69, 9.17) is 0 Å². The highest BCUT2D eigenvalue weighted by atomic mass is 32.1. The Hall–Kier alpha value is -2.49. The standard InChI is InChI=1S/C18H20N4OS.C2H6/c1-18(2,23)7-6-13-4-5-14(24-13)11-20-17-9-15-12(10-21-22-15)8-16(17)19-3;1-2/h4-5,8-10,19-20,23H,11H2,1-3H3,(H,21,22);1-2H3. The minimum atomic E-state index is -0.969. The molecule has 0 unspecified atom stereocenters. The summed E-state index contributed by atoms with van der Waals surface area (Å²) < 4.78 is 0. The van der Waals surface area contributed by atoms with Crippen LogP contribution in [0.25, 0.3) is 10.9 Å². The van der Waals surface area contributed by atoms with Crippen LogP contribution in [0, 0.1) is 11.8 Å². The number of H-pyrrole nitrogens is 1. The largest absolute Gasteiger partial charge is 0.386 e. The minimum Gasteiger partial charge on any atom is -0.386 e. The van der Waals surface area contributed by atoms with E-state index in [0.29, 0.717) is 6.54 Å². The molecule has 0 saturated carbocycles. The molecule has 26 heavy (non-hydrogen) atoms. The number of rotatable bonds is 4. The molecule has 2 aromatic heterocycles. The van der Waals surface area contributed by atoms with Crippen LogP contribution in [0.5, 0.6) is 0 Å². The van der Waals surface area contributed by atoms with E-state index in [1.807, 2.05) is 33.2 Å². The van der Waals surface area contributed by atoms with Crippen molar-refractivity contribution in [3.05, 3.63) is 40.2 Å². The summed E-state index contributed by atoms with van der Waals surface area (Å²) >= 11 is 1.62. The fourth-order valence-corrected chi connectivity index (χ4v) is 3.08. The summed E-state index contributed by atoms with van der Waals surface area (Å²) in [6.07, 6.45) is 1.81. The maximum atomic E-state index is 9.67. The minimum absolute atomic E-state index is 0.711. The summed E-state index contributed by atoms with van der Waals surface area (Å²) in [5.41, 5.74) is 2.08. The molecule has 138 valence electrons. The summed E-state index contributed by atoms with van der Waals surface area (Å²) in [6.45, 7) is 8.07. The van der Waals surface area contributed by atoms with Crippen LogP contribution in [0.3, 0.4) is 0 Å². The van der Waals surface area contributed by atoms with Gasteiger partial charge in [0, 0.05) is 23.9 Å². The van der Waals surface area contributed by atoms with Crippen molar-refractivity contribution in [1.29, 1.82) is 0 Å². The predicted molar refractivity (Wildman–Crippen MR) is 112 cm³/mol. The van der Waals surface area contributed by atoms with Crippen LogP contribution in [-0.2, 0) is 6.54 Å². The number of nitrogens with zero attached hydrogens (tertiary/aromatic N) is 1. The number of aliphatic hydroxyl groups is 1. The van der Waals surface area contributed by atoms with E-state index in [2.05, 4.69) is 50.9 Å². The van der Waals surface area contributed by atoms with E-state index in [9.17, 15) is 5.11 Å². The smallest absolute Gasteiger partial charge is 0.120 e. The van der Waals surface area contributed by atoms with E-state index >= 15 is 0 Å². The van der Waals surface area contributed by atoms with Crippen LogP contribution in [0.2, 0.25) is 0 Å². The number of thiophene rings is 1. The monoisotopic (exact) mass is 370 g/mol. The van der Waals surface area contributed by atoms with Crippen LogP contribution in [0.15, 0.2) is 30.5 Å². The van der Waals surface area contributed by atoms with Gasteiger partial charge in [-0.05, 0) is 38.1 Å². The maximum Gasteiger partial charge on any atom is 0.120 e. The molecule has 0 amide bonds. The van der Waals surface area contributed by atoms with Gasteiger partial charge in [-0.25, -0.2) is 0 Å². The Bertz CT molecular complexity index is 909. The Balaban J connectivity index is 0.00000117. The molecule has 1 aromatic carbocycles. The fourth-order valence-electron chi connectivity index (χ4n) is 2.28. The van der Waals surface area contributed by atoms with Crippen LogP contribution in [0.1, 0.15) is 37.4 Å². The fraction of sp³-hybridized carbons (Fsp3) is 0.350. The molecule has 0 fully saturated rings. The number of anilines is 2. The van der Waals surface area contributed by atoms with Gasteiger partial charge < -0.3 is 15.7 Å². The second-order valence-corrected chi connectivity index (χ2v) is 7.20. The van der Waals surface area contributed by atoms with Gasteiger partial charge in [0.25, 0.3) is 0 Å². The number of hydrogen-bond acceptors (Lipinski definition) is 5. The molecule has 3 rings (SSSR count). The van der Waals surface area contributed by atoms with Crippen molar-refractivity contribution in [1.82, 2.24) is 10.2 Å². The first-order chi connectivity index (χ1) is 12.4. The second kappa shape index (κ2) is 8.75. The molecule has 0 aliphatic heterocycles. The predicted octanol–water partition coefficient (Wildman–Crippen LogP) is 4.43. The van der Waals surface area contributed by atoms with Gasteiger partial charge in [0.05, 0.1) is 28.0 Å². The van der Waals surface area contributed by atoms with Crippen molar-refractivity contribution >= 4 is 33.6 Å². The van der Waals surface area contributed by atoms with Crippen molar-refractivity contribution in [2.24, 2.45) is 0 Å². The van der Waals surface area contributed by atoms with Crippen molar-refractivity contribution in [3.8, 4) is 11.8 Å². The molecule has 0 aliphatic rings. The van der Waals surface area contributed by atoms with Gasteiger partial charge in [-0.15, -0.1) is 11.3 Å². The van der Waals surface area contributed by atoms with Crippen LogP contribution >= 0.6 is 11.3 Å². The molecule has 5 nitrogen and oxygen atoms in total. The number of aromatic nitrogens is 2. The van der Waals surface area contributed by atoms with Crippen LogP contribution < -0.4 is 10.6 Å². The molecule has 0 atom stereocenters. The molecule has 0 bridgehead atoms. The molecule has 0 aliphatic carbocycles. The SMILES string of the molecule is CC.CNc1cc2cn[nH]c2cc1NCc1ccc(C#CC(C)(C)O)s1. The van der Waals surface area contributed by atoms with Gasteiger partial charge in [0.15, 0.2) is 0 Å². The molecule has 6 heteroatoms. The zero-order chi connectivity index (χ0) is 19.2. The van der Waals surface area contributed by atoms with E-state index < -0.39 is 5.60 Å². The molecule has 2 heterocycles. The zero-order valence-electron chi connectivity index (χ0n) is 15.9. The van der Waals surface area contributed by atoms with E-state index in [1.54, 1.807) is 25.2 Å². The van der Waals surface area contributed by atoms with Gasteiger partial charge >= 0.3 is 0 Å². The summed E-state index contributed by atoms with van der Waals surface area (Å²) in [7, 11) is 1.90. The van der Waals surface area contributed by atoms with Crippen LogP contribution in [0.4, 0.5) is 11.4 Å². The third kappa shape index (κ3) is 5.25. The Morgan fingerprint density at radius 3 is 2.69 bits per heavy atom. The highest BCUT2D eigenvalue weighted by molar-refractivity contribution is 7.12. The average Bonchev–Trinajstić information content (AvgIpc) is 3.27. The lowest BCUT2D eigenvalue weighted by Crippen LogP contribution is -2.14. The first-order valence-electron chi connectivity index (χ1n) is 8.67. The summed E-state index contributed by atoms with van der Waals surface area (Å²) in [5.74, 6) is 5.85. The van der Waals surface area contributed by atoms with Gasteiger partial charge in [-0.2, -0.15) is 5.10 Å². The third-order valence-corrected chi connectivity index (χ3v) is 4.45. The molecular weight excluding hydrogens is 344 g/mol. The zero-order valence-corrected chi connectivity index (χ0v) is 16.7. The van der Waals surface area contributed by atoms with E-state index in [0.717, 1.165) is 27.2 Å². The van der Waals surface area contributed by atoms with Crippen molar-refractivity contribution in [2.75, 3.05) is 17.7 Å². The second-order valence-electron chi connectivity index (χ2n) is 6.03. The first-order valence-corrected chi connectivity index (χ1v) is 9.49. The lowest BCUT2D eigenvalue weighted by Gasteiger charge is -2.11. The number of hydrogen-bond donors (Lipinski definition) is 4. The number of aromatic amines is 1. The lowest BCUT2D eigenvalue weighted by atomic mass is 10.1. The average molecular weight is 371 g/mol. The highest BCUT2D eigenvalue weighted by Crippen LogP contribution is 2.28. The van der Waals surface area contributed by atoms with Crippen molar-refractivity contribution in [2.45, 2.75) is 39.8 Å². The molecular formula is C20H26N4OS. The molecule has 0 spiro atoms. The normalized spacial score (nSPS) is 10.5. The van der Waals surface area contributed by atoms with Crippen LogP contribution in [-0.4, -0.2) is 28.0 Å². The number of nitrogens with one attached hydrogen (secondary N) is 3. The third-order valence-electron chi connectivity index (χ3n) is 3.45. The summed E-state index contributed by atoms with van der Waals surface area (Å²) in [4.78, 5) is 2.13. The maximum absolute atomic E-state index is 9.67. The molecule has 0 saturated heterocycles. The Morgan fingerprint density at radius 1 is 1.23 bits per heavy atom. The highest BCUT2D eigenvalue weighted by Gasteiger charge is 2.08. The molecule has 3 aromatic rings. The molecule has 0 radical (unpaired) electrons. The van der Waals surface area contributed by atoms with E-state index in [-0.39, 0.29) is 0 Å². The first kappa shape index (κ1) is 19.8. The van der Waals surface area contributed by atoms with Gasteiger partial charge in [0.2, 0.25) is 0 Å².